The maximum atomic E-state index is 12.4. The van der Waals surface area contributed by atoms with Gasteiger partial charge in [-0.15, -0.1) is 11.3 Å². The molecule has 2 aromatic carbocycles. The van der Waals surface area contributed by atoms with Crippen LogP contribution >= 0.6 is 23.1 Å². The second kappa shape index (κ2) is 12.1. The summed E-state index contributed by atoms with van der Waals surface area (Å²) < 4.78 is 11.1. The first-order valence-electron chi connectivity index (χ1n) is 10.1. The number of nitrogens with one attached hydrogen (secondary N) is 3. The van der Waals surface area contributed by atoms with Crippen LogP contribution in [-0.4, -0.2) is 42.7 Å². The standard InChI is InChI=1S/C23H24N4O5S2/c1-14(28)24-15-5-4-6-16(9-15)25-22(30)13-34-23-26-17(12-33-23)10-21(29)27-19-8-7-18(31-2)11-20(19)32-3/h4-9,11-12H,10,13H2,1-3H3,(H,24,28)(H,25,30)(H,27,29). The minimum Gasteiger partial charge on any atom is -0.497 e. The summed E-state index contributed by atoms with van der Waals surface area (Å²) in [4.78, 5) is 40.3. The first-order chi connectivity index (χ1) is 16.4. The molecule has 0 fully saturated rings. The first-order valence-corrected chi connectivity index (χ1v) is 12.0. The Morgan fingerprint density at radius 1 is 0.971 bits per heavy atom. The number of thioether (sulfide) groups is 1. The molecule has 34 heavy (non-hydrogen) atoms. The molecule has 178 valence electrons. The maximum Gasteiger partial charge on any atom is 0.234 e. The Hall–Kier alpha value is -3.57. The van der Waals surface area contributed by atoms with E-state index in [-0.39, 0.29) is 29.9 Å². The lowest BCUT2D eigenvalue weighted by Crippen LogP contribution is -2.15. The van der Waals surface area contributed by atoms with Crippen molar-refractivity contribution in [1.29, 1.82) is 0 Å². The summed E-state index contributed by atoms with van der Waals surface area (Å²) in [6, 6.07) is 12.0. The van der Waals surface area contributed by atoms with Gasteiger partial charge in [0.1, 0.15) is 11.5 Å². The van der Waals surface area contributed by atoms with Crippen molar-refractivity contribution in [3.63, 3.8) is 0 Å². The van der Waals surface area contributed by atoms with Crippen molar-refractivity contribution in [3.8, 4) is 11.5 Å². The third kappa shape index (κ3) is 7.49. The summed E-state index contributed by atoms with van der Waals surface area (Å²) in [5.74, 6) is 0.659. The molecule has 1 aromatic heterocycles. The zero-order chi connectivity index (χ0) is 24.5. The van der Waals surface area contributed by atoms with Crippen molar-refractivity contribution < 1.29 is 23.9 Å². The summed E-state index contributed by atoms with van der Waals surface area (Å²) in [5.41, 5.74) is 2.34. The van der Waals surface area contributed by atoms with E-state index < -0.39 is 0 Å². The summed E-state index contributed by atoms with van der Waals surface area (Å²) in [7, 11) is 3.07. The van der Waals surface area contributed by atoms with E-state index in [1.807, 2.05) is 0 Å². The Labute approximate surface area is 205 Å². The SMILES string of the molecule is COc1ccc(NC(=O)Cc2csc(SCC(=O)Nc3cccc(NC(C)=O)c3)n2)c(OC)c1. The molecule has 0 bridgehead atoms. The molecular formula is C23H24N4O5S2. The predicted molar refractivity (Wildman–Crippen MR) is 134 cm³/mol. The third-order valence-corrected chi connectivity index (χ3v) is 6.42. The summed E-state index contributed by atoms with van der Waals surface area (Å²) in [6.45, 7) is 1.42. The van der Waals surface area contributed by atoms with Crippen LogP contribution in [0.5, 0.6) is 11.5 Å². The van der Waals surface area contributed by atoms with Crippen molar-refractivity contribution in [2.45, 2.75) is 17.7 Å². The number of anilines is 3. The molecule has 0 aliphatic carbocycles. The normalized spacial score (nSPS) is 10.3. The van der Waals surface area contributed by atoms with Gasteiger partial charge in [-0.05, 0) is 30.3 Å². The smallest absolute Gasteiger partial charge is 0.234 e. The molecule has 0 aliphatic rings. The first kappa shape index (κ1) is 25.1. The number of aromatic nitrogens is 1. The molecule has 0 atom stereocenters. The van der Waals surface area contributed by atoms with E-state index in [1.165, 1.54) is 37.1 Å². The van der Waals surface area contributed by atoms with Crippen molar-refractivity contribution in [1.82, 2.24) is 4.98 Å². The number of carbonyl (C=O) groups excluding carboxylic acids is 3. The largest absolute Gasteiger partial charge is 0.497 e. The third-order valence-electron chi connectivity index (χ3n) is 4.35. The zero-order valence-electron chi connectivity index (χ0n) is 18.8. The molecule has 11 heteroatoms. The van der Waals surface area contributed by atoms with E-state index in [0.29, 0.717) is 38.6 Å². The number of benzene rings is 2. The monoisotopic (exact) mass is 500 g/mol. The van der Waals surface area contributed by atoms with Crippen LogP contribution < -0.4 is 25.4 Å². The highest BCUT2D eigenvalue weighted by atomic mass is 32.2. The van der Waals surface area contributed by atoms with Gasteiger partial charge in [-0.25, -0.2) is 4.98 Å². The number of amides is 3. The van der Waals surface area contributed by atoms with Crippen LogP contribution in [-0.2, 0) is 20.8 Å². The van der Waals surface area contributed by atoms with E-state index in [4.69, 9.17) is 9.47 Å². The van der Waals surface area contributed by atoms with Gasteiger partial charge in [0.2, 0.25) is 17.7 Å². The minimum absolute atomic E-state index is 0.0916. The molecule has 0 aliphatic heterocycles. The summed E-state index contributed by atoms with van der Waals surface area (Å²) >= 11 is 2.66. The van der Waals surface area contributed by atoms with Gasteiger partial charge in [0.15, 0.2) is 4.34 Å². The molecule has 3 aromatic rings. The zero-order valence-corrected chi connectivity index (χ0v) is 20.5. The molecule has 9 nitrogen and oxygen atoms in total. The van der Waals surface area contributed by atoms with Crippen molar-refractivity contribution >= 4 is 57.9 Å². The van der Waals surface area contributed by atoms with Gasteiger partial charge in [0.05, 0.1) is 37.8 Å². The minimum atomic E-state index is -0.234. The molecule has 3 N–H and O–H groups in total. The van der Waals surface area contributed by atoms with Gasteiger partial charge in [-0.1, -0.05) is 17.8 Å². The Balaban J connectivity index is 1.49. The molecule has 0 saturated heterocycles. The number of carbonyl (C=O) groups is 3. The van der Waals surface area contributed by atoms with Gasteiger partial charge >= 0.3 is 0 Å². The number of ether oxygens (including phenoxy) is 2. The fourth-order valence-electron chi connectivity index (χ4n) is 2.90. The van der Waals surface area contributed by atoms with Gasteiger partial charge < -0.3 is 25.4 Å². The lowest BCUT2D eigenvalue weighted by molar-refractivity contribution is -0.116. The van der Waals surface area contributed by atoms with Crippen LogP contribution in [0.15, 0.2) is 52.2 Å². The van der Waals surface area contributed by atoms with Crippen molar-refractivity contribution in [3.05, 3.63) is 53.5 Å². The number of methoxy groups -OCH3 is 2. The van der Waals surface area contributed by atoms with Crippen LogP contribution in [0.1, 0.15) is 12.6 Å². The topological polar surface area (TPSA) is 119 Å². The molecule has 3 rings (SSSR count). The Bertz CT molecular complexity index is 1180. The Kier molecular flexibility index (Phi) is 8.88. The summed E-state index contributed by atoms with van der Waals surface area (Å²) in [6.07, 6.45) is 0.0916. The fraction of sp³-hybridized carbons (Fsp3) is 0.217. The van der Waals surface area contributed by atoms with Crippen LogP contribution in [0.3, 0.4) is 0 Å². The van der Waals surface area contributed by atoms with Crippen LogP contribution in [0, 0.1) is 0 Å². The highest BCUT2D eigenvalue weighted by molar-refractivity contribution is 8.01. The van der Waals surface area contributed by atoms with E-state index in [1.54, 1.807) is 55.0 Å². The Morgan fingerprint density at radius 3 is 2.44 bits per heavy atom. The average molecular weight is 501 g/mol. The molecule has 3 amide bonds. The van der Waals surface area contributed by atoms with Gasteiger partial charge in [-0.3, -0.25) is 14.4 Å². The second-order valence-electron chi connectivity index (χ2n) is 6.99. The molecule has 0 radical (unpaired) electrons. The van der Waals surface area contributed by atoms with Crippen LogP contribution in [0.25, 0.3) is 0 Å². The van der Waals surface area contributed by atoms with Gasteiger partial charge in [-0.2, -0.15) is 0 Å². The van der Waals surface area contributed by atoms with E-state index >= 15 is 0 Å². The number of hydrogen-bond acceptors (Lipinski definition) is 8. The van der Waals surface area contributed by atoms with E-state index in [2.05, 4.69) is 20.9 Å². The lowest BCUT2D eigenvalue weighted by atomic mass is 10.2. The second-order valence-corrected chi connectivity index (χ2v) is 9.08. The highest BCUT2D eigenvalue weighted by Gasteiger charge is 2.13. The number of rotatable bonds is 10. The van der Waals surface area contributed by atoms with Crippen LogP contribution in [0.2, 0.25) is 0 Å². The number of hydrogen-bond donors (Lipinski definition) is 3. The van der Waals surface area contributed by atoms with Crippen molar-refractivity contribution in [2.75, 3.05) is 35.9 Å². The van der Waals surface area contributed by atoms with E-state index in [9.17, 15) is 14.4 Å². The van der Waals surface area contributed by atoms with Gasteiger partial charge in [0, 0.05) is 29.7 Å². The maximum absolute atomic E-state index is 12.4. The highest BCUT2D eigenvalue weighted by Crippen LogP contribution is 2.29. The number of thiazole rings is 1. The molecule has 0 spiro atoms. The molecule has 0 unspecified atom stereocenters. The van der Waals surface area contributed by atoms with Crippen LogP contribution in [0.4, 0.5) is 17.1 Å². The van der Waals surface area contributed by atoms with Gasteiger partial charge in [0.25, 0.3) is 0 Å². The predicted octanol–water partition coefficient (Wildman–Crippen LogP) is 4.03. The van der Waals surface area contributed by atoms with Crippen molar-refractivity contribution in [2.24, 2.45) is 0 Å². The average Bonchev–Trinajstić information content (AvgIpc) is 3.24. The number of nitrogens with zero attached hydrogens (tertiary/aromatic N) is 1. The summed E-state index contributed by atoms with van der Waals surface area (Å²) in [5, 5.41) is 10.1. The van der Waals surface area contributed by atoms with E-state index in [0.717, 1.165) is 0 Å². The molecule has 1 heterocycles. The molecule has 0 saturated carbocycles. The lowest BCUT2D eigenvalue weighted by Gasteiger charge is -2.11. The molecular weight excluding hydrogens is 476 g/mol. The fourth-order valence-corrected chi connectivity index (χ4v) is 4.54. The Morgan fingerprint density at radius 2 is 1.74 bits per heavy atom. The quantitative estimate of drug-likeness (QED) is 0.360.